The highest BCUT2D eigenvalue weighted by atomic mass is 16.6. The van der Waals surface area contributed by atoms with Crippen molar-refractivity contribution >= 4 is 35.1 Å². The molecule has 2 amide bonds. The summed E-state index contributed by atoms with van der Waals surface area (Å²) in [5.41, 5.74) is 1.60. The van der Waals surface area contributed by atoms with E-state index in [4.69, 9.17) is 14.6 Å². The summed E-state index contributed by atoms with van der Waals surface area (Å²) in [5.74, 6) is -3.71. The molecule has 0 radical (unpaired) electrons. The summed E-state index contributed by atoms with van der Waals surface area (Å²) in [4.78, 5) is 65.3. The topological polar surface area (TPSA) is 127 Å². The predicted octanol–water partition coefficient (Wildman–Crippen LogP) is 4.03. The number of aliphatic hydroxyl groups excluding tert-OH is 1. The van der Waals surface area contributed by atoms with Gasteiger partial charge in [-0.3, -0.25) is 19.2 Å². The van der Waals surface area contributed by atoms with Gasteiger partial charge in [0.1, 0.15) is 6.61 Å². The second kappa shape index (κ2) is 14.6. The van der Waals surface area contributed by atoms with E-state index in [1.807, 2.05) is 26.8 Å². The van der Waals surface area contributed by atoms with E-state index in [-0.39, 0.29) is 36.9 Å². The number of Topliss-reactive ketones (excluding diaryl/α,β-unsaturated/α-hetero) is 1. The van der Waals surface area contributed by atoms with Gasteiger partial charge < -0.3 is 14.6 Å². The molecule has 1 heterocycles. The molecule has 2 rings (SSSR count). The normalized spacial score (nSPS) is 17.2. The van der Waals surface area contributed by atoms with E-state index < -0.39 is 41.8 Å². The number of nitrogens with zero attached hydrogens (tertiary/aromatic N) is 1. The second-order valence-electron chi connectivity index (χ2n) is 10.1. The van der Waals surface area contributed by atoms with E-state index in [2.05, 4.69) is 0 Å². The Labute approximate surface area is 224 Å². The van der Waals surface area contributed by atoms with Crippen LogP contribution in [0.2, 0.25) is 0 Å². The number of ketones is 2. The number of carbonyl (C=O) groups excluding carboxylic acids is 5. The van der Waals surface area contributed by atoms with Gasteiger partial charge in [-0.15, -0.1) is 0 Å². The minimum Gasteiger partial charge on any atom is -0.453 e. The zero-order valence-corrected chi connectivity index (χ0v) is 22.9. The van der Waals surface area contributed by atoms with Crippen LogP contribution in [-0.2, 0) is 28.7 Å². The van der Waals surface area contributed by atoms with Crippen molar-refractivity contribution in [2.24, 2.45) is 11.8 Å². The number of esters is 1. The van der Waals surface area contributed by atoms with E-state index in [0.29, 0.717) is 18.4 Å². The molecule has 9 nitrogen and oxygen atoms in total. The summed E-state index contributed by atoms with van der Waals surface area (Å²) < 4.78 is 10.3. The molecule has 1 aromatic rings. The lowest BCUT2D eigenvalue weighted by Gasteiger charge is -2.28. The van der Waals surface area contributed by atoms with Crippen LogP contribution in [0.15, 0.2) is 30.3 Å². The molecular formula is C29H39NO8. The van der Waals surface area contributed by atoms with Crippen molar-refractivity contribution in [3.63, 3.8) is 0 Å². The van der Waals surface area contributed by atoms with Gasteiger partial charge in [-0.05, 0) is 44.2 Å². The van der Waals surface area contributed by atoms with E-state index in [9.17, 15) is 24.0 Å². The third kappa shape index (κ3) is 8.34. The number of aryl methyl sites for hydroxylation is 1. The number of ether oxygens (including phenoxy) is 2. The molecule has 1 aliphatic heterocycles. The summed E-state index contributed by atoms with van der Waals surface area (Å²) in [6.45, 7) is 8.24. The first-order valence-corrected chi connectivity index (χ1v) is 13.1. The van der Waals surface area contributed by atoms with Crippen LogP contribution < -0.4 is 0 Å². The zero-order valence-electron chi connectivity index (χ0n) is 22.9. The minimum atomic E-state index is -1.53. The largest absolute Gasteiger partial charge is 0.453 e. The van der Waals surface area contributed by atoms with Crippen LogP contribution >= 0.6 is 0 Å². The van der Waals surface area contributed by atoms with Crippen LogP contribution in [0.25, 0.3) is 5.57 Å². The highest BCUT2D eigenvalue weighted by molar-refractivity contribution is 6.25. The van der Waals surface area contributed by atoms with Crippen LogP contribution in [0.5, 0.6) is 0 Å². The number of aliphatic hydroxyl groups is 1. The molecule has 3 atom stereocenters. The van der Waals surface area contributed by atoms with Crippen molar-refractivity contribution in [1.29, 1.82) is 0 Å². The summed E-state index contributed by atoms with van der Waals surface area (Å²) in [7, 11) is 0. The molecule has 0 aromatic heterocycles. The van der Waals surface area contributed by atoms with Gasteiger partial charge in [-0.1, -0.05) is 56.5 Å². The molecule has 0 bridgehead atoms. The number of carbonyl (C=O) groups is 5. The van der Waals surface area contributed by atoms with Gasteiger partial charge >= 0.3 is 12.1 Å². The summed E-state index contributed by atoms with van der Waals surface area (Å²) in [6, 6.07) is 6.64. The van der Waals surface area contributed by atoms with Crippen LogP contribution in [-0.4, -0.2) is 64.9 Å². The Bertz CT molecular complexity index is 1060. The molecule has 38 heavy (non-hydrogen) atoms. The Morgan fingerprint density at radius 1 is 1.13 bits per heavy atom. The predicted molar refractivity (Wildman–Crippen MR) is 141 cm³/mol. The van der Waals surface area contributed by atoms with E-state index >= 15 is 0 Å². The highest BCUT2D eigenvalue weighted by Gasteiger charge is 2.44. The van der Waals surface area contributed by atoms with Crippen molar-refractivity contribution in [2.45, 2.75) is 78.9 Å². The average Bonchev–Trinajstić information content (AvgIpc) is 3.26. The lowest BCUT2D eigenvalue weighted by molar-refractivity contribution is -0.158. The summed E-state index contributed by atoms with van der Waals surface area (Å²) >= 11 is 0. The van der Waals surface area contributed by atoms with Crippen LogP contribution in [0.4, 0.5) is 4.79 Å². The van der Waals surface area contributed by atoms with Gasteiger partial charge in [0.25, 0.3) is 0 Å². The quantitative estimate of drug-likeness (QED) is 0.217. The number of allylic oxidation sites excluding steroid dienone is 1. The second-order valence-corrected chi connectivity index (χ2v) is 10.1. The number of unbranched alkanes of at least 4 members (excludes halogenated alkanes) is 3. The average molecular weight is 530 g/mol. The first kappa shape index (κ1) is 30.9. The fourth-order valence-corrected chi connectivity index (χ4v) is 4.36. The highest BCUT2D eigenvalue weighted by Crippen LogP contribution is 2.26. The molecule has 9 heteroatoms. The van der Waals surface area contributed by atoms with E-state index in [0.717, 1.165) is 36.3 Å². The molecule has 0 spiro atoms. The SMILES string of the molecule is CC(=O)O[C@@H](C(=O)C=C(C(=O)CCCCCCO)c1cccc(C)c1)[C@@H](C)C(=O)N1C(=O)OC[C@H]1C(C)C. The Morgan fingerprint density at radius 3 is 2.42 bits per heavy atom. The monoisotopic (exact) mass is 529 g/mol. The van der Waals surface area contributed by atoms with Gasteiger partial charge in [0.05, 0.1) is 12.0 Å². The molecule has 0 aliphatic carbocycles. The Kier molecular flexibility index (Phi) is 11.8. The molecule has 1 N–H and O–H groups in total. The van der Waals surface area contributed by atoms with Crippen LogP contribution in [0.3, 0.4) is 0 Å². The molecule has 1 fully saturated rings. The number of cyclic esters (lactones) is 1. The third-order valence-electron chi connectivity index (χ3n) is 6.56. The summed E-state index contributed by atoms with van der Waals surface area (Å²) in [6.07, 6.45) is 1.80. The minimum absolute atomic E-state index is 0.0470. The van der Waals surface area contributed by atoms with Crippen molar-refractivity contribution in [3.8, 4) is 0 Å². The number of amides is 2. The Hall–Kier alpha value is -3.33. The third-order valence-corrected chi connectivity index (χ3v) is 6.56. The first-order valence-electron chi connectivity index (χ1n) is 13.1. The zero-order chi connectivity index (χ0) is 28.4. The first-order chi connectivity index (χ1) is 18.0. The lowest BCUT2D eigenvalue weighted by atomic mass is 9.92. The fraction of sp³-hybridized carbons (Fsp3) is 0.552. The van der Waals surface area contributed by atoms with Gasteiger partial charge in [-0.25, -0.2) is 9.69 Å². The van der Waals surface area contributed by atoms with Crippen LogP contribution in [0.1, 0.15) is 70.9 Å². The van der Waals surface area contributed by atoms with Gasteiger partial charge in [0, 0.05) is 25.5 Å². The van der Waals surface area contributed by atoms with Crippen molar-refractivity contribution in [2.75, 3.05) is 13.2 Å². The van der Waals surface area contributed by atoms with Crippen molar-refractivity contribution < 1.29 is 38.6 Å². The van der Waals surface area contributed by atoms with Gasteiger partial charge in [0.2, 0.25) is 5.91 Å². The maximum Gasteiger partial charge on any atom is 0.416 e. The molecule has 1 aliphatic rings. The number of hydrogen-bond acceptors (Lipinski definition) is 8. The smallest absolute Gasteiger partial charge is 0.416 e. The molecule has 0 saturated carbocycles. The number of rotatable bonds is 14. The standard InChI is InChI=1S/C29H39NO8/c1-18(2)24-17-37-29(36)30(24)28(35)20(4)27(38-21(5)32)26(34)16-23(22-12-10-11-19(3)15-22)25(33)13-8-6-7-9-14-31/h10-12,15-16,18,20,24,27,31H,6-9,13-14,17H2,1-5H3/t20-,24+,27-/m1/s1. The fourth-order valence-electron chi connectivity index (χ4n) is 4.36. The van der Waals surface area contributed by atoms with E-state index in [1.165, 1.54) is 6.92 Å². The maximum atomic E-state index is 13.5. The molecular weight excluding hydrogens is 490 g/mol. The van der Waals surface area contributed by atoms with Gasteiger partial charge in [0.15, 0.2) is 17.7 Å². The lowest BCUT2D eigenvalue weighted by Crippen LogP contribution is -2.48. The van der Waals surface area contributed by atoms with Crippen molar-refractivity contribution in [3.05, 3.63) is 41.5 Å². The Morgan fingerprint density at radius 2 is 1.82 bits per heavy atom. The molecule has 1 saturated heterocycles. The number of benzene rings is 1. The summed E-state index contributed by atoms with van der Waals surface area (Å²) in [5, 5.41) is 8.96. The van der Waals surface area contributed by atoms with Crippen LogP contribution in [0, 0.1) is 18.8 Å². The molecule has 1 aromatic carbocycles. The van der Waals surface area contributed by atoms with E-state index in [1.54, 1.807) is 18.2 Å². The molecule has 208 valence electrons. The number of hydrogen-bond donors (Lipinski definition) is 1. The number of imide groups is 1. The Balaban J connectivity index is 2.38. The van der Waals surface area contributed by atoms with Gasteiger partial charge in [-0.2, -0.15) is 0 Å². The molecule has 0 unspecified atom stereocenters. The maximum absolute atomic E-state index is 13.5. The van der Waals surface area contributed by atoms with Crippen molar-refractivity contribution in [1.82, 2.24) is 4.90 Å².